The summed E-state index contributed by atoms with van der Waals surface area (Å²) in [6.07, 6.45) is 0.127. The number of anilines is 1. The molecule has 0 aliphatic carbocycles. The summed E-state index contributed by atoms with van der Waals surface area (Å²) in [5.41, 5.74) is 10.8. The van der Waals surface area contributed by atoms with Crippen LogP contribution in [0.25, 0.3) is 28.0 Å². The lowest BCUT2D eigenvalue weighted by molar-refractivity contribution is -0.120. The Balaban J connectivity index is 2.04. The molecule has 0 saturated carbocycles. The second-order valence-corrected chi connectivity index (χ2v) is 7.29. The summed E-state index contributed by atoms with van der Waals surface area (Å²) in [7, 11) is 1.55. The highest BCUT2D eigenvalue weighted by molar-refractivity contribution is 5.90. The molecule has 3 heterocycles. The predicted molar refractivity (Wildman–Crippen MR) is 118 cm³/mol. The van der Waals surface area contributed by atoms with E-state index in [-0.39, 0.29) is 24.8 Å². The minimum absolute atomic E-state index is 0.0382. The third kappa shape index (κ3) is 3.77. The van der Waals surface area contributed by atoms with Gasteiger partial charge in [-0.05, 0) is 31.5 Å². The van der Waals surface area contributed by atoms with Crippen molar-refractivity contribution in [3.63, 3.8) is 0 Å². The number of amides is 1. The Labute approximate surface area is 178 Å². The molecule has 3 aromatic heterocycles. The summed E-state index contributed by atoms with van der Waals surface area (Å²) >= 11 is 0. The Bertz CT molecular complexity index is 1320. The minimum Gasteiger partial charge on any atom is -0.369 e. The predicted octanol–water partition coefficient (Wildman–Crippen LogP) is 1.96. The lowest BCUT2D eigenvalue weighted by Crippen LogP contribution is -2.26. The molecule has 0 bridgehead atoms. The van der Waals surface area contributed by atoms with Crippen molar-refractivity contribution >= 4 is 17.5 Å². The van der Waals surface area contributed by atoms with Crippen LogP contribution in [0.5, 0.6) is 0 Å². The van der Waals surface area contributed by atoms with Gasteiger partial charge in [0.1, 0.15) is 0 Å². The van der Waals surface area contributed by atoms with Crippen LogP contribution in [0, 0.1) is 13.8 Å². The number of nitrogens with one attached hydrogen (secondary N) is 1. The second kappa shape index (κ2) is 8.02. The molecule has 0 aliphatic rings. The fourth-order valence-corrected chi connectivity index (χ4v) is 3.63. The molecular weight excluding hydrogens is 394 g/mol. The zero-order chi connectivity index (χ0) is 22.1. The maximum Gasteiger partial charge on any atom is 0.353 e. The van der Waals surface area contributed by atoms with Crippen molar-refractivity contribution in [2.24, 2.45) is 0 Å². The van der Waals surface area contributed by atoms with Gasteiger partial charge in [0.25, 0.3) is 0 Å². The molecule has 4 rings (SSSR count). The van der Waals surface area contributed by atoms with Crippen molar-refractivity contribution in [3.05, 3.63) is 64.3 Å². The fraction of sp³-hybridized carbons (Fsp3) is 0.227. The fourth-order valence-electron chi connectivity index (χ4n) is 3.63. The maximum atomic E-state index is 13.0. The first kappa shape index (κ1) is 20.3. The number of fused-ring (bicyclic) bond motifs is 1. The summed E-state index contributed by atoms with van der Waals surface area (Å²) in [5, 5.41) is 7.10. The van der Waals surface area contributed by atoms with Crippen LogP contribution < -0.4 is 16.7 Å². The van der Waals surface area contributed by atoms with Crippen molar-refractivity contribution in [2.45, 2.75) is 26.8 Å². The quantitative estimate of drug-likeness (QED) is 0.512. The van der Waals surface area contributed by atoms with Crippen LogP contribution in [0.1, 0.15) is 17.8 Å². The van der Waals surface area contributed by atoms with E-state index < -0.39 is 5.69 Å². The van der Waals surface area contributed by atoms with Gasteiger partial charge in [0.2, 0.25) is 11.9 Å². The van der Waals surface area contributed by atoms with Crippen LogP contribution in [-0.4, -0.2) is 37.1 Å². The summed E-state index contributed by atoms with van der Waals surface area (Å²) in [5.74, 6) is -0.142. The molecule has 0 unspecified atom stereocenters. The largest absolute Gasteiger partial charge is 0.369 e. The zero-order valence-corrected chi connectivity index (χ0v) is 17.6. The van der Waals surface area contributed by atoms with Crippen molar-refractivity contribution in [2.75, 3.05) is 12.8 Å². The molecule has 0 radical (unpaired) electrons. The molecule has 4 aromatic rings. The molecule has 31 heavy (non-hydrogen) atoms. The van der Waals surface area contributed by atoms with Crippen LogP contribution in [-0.2, 0) is 11.3 Å². The number of carbonyl (C=O) groups excluding carboxylic acids is 1. The smallest absolute Gasteiger partial charge is 0.353 e. The molecule has 1 aromatic carbocycles. The van der Waals surface area contributed by atoms with Crippen LogP contribution in [0.2, 0.25) is 0 Å². The first-order chi connectivity index (χ1) is 14.9. The number of hydrogen-bond acceptors (Lipinski definition) is 6. The molecule has 0 spiro atoms. The molecule has 0 saturated heterocycles. The van der Waals surface area contributed by atoms with E-state index in [1.165, 1.54) is 9.08 Å². The number of nitrogens with zero attached hydrogens (tertiary/aromatic N) is 5. The van der Waals surface area contributed by atoms with Gasteiger partial charge in [-0.1, -0.05) is 30.3 Å². The van der Waals surface area contributed by atoms with E-state index in [1.54, 1.807) is 7.05 Å². The number of rotatable bonds is 5. The number of pyridine rings is 1. The number of benzene rings is 1. The van der Waals surface area contributed by atoms with Crippen LogP contribution in [0.4, 0.5) is 5.95 Å². The Hall–Kier alpha value is -4.01. The Morgan fingerprint density at radius 2 is 1.74 bits per heavy atom. The van der Waals surface area contributed by atoms with Crippen molar-refractivity contribution in [1.29, 1.82) is 0 Å². The van der Waals surface area contributed by atoms with Gasteiger partial charge in [0, 0.05) is 30.4 Å². The summed E-state index contributed by atoms with van der Waals surface area (Å²) in [6.45, 7) is 3.96. The lowest BCUT2D eigenvalue weighted by Gasteiger charge is -2.13. The number of carbonyl (C=O) groups is 1. The standard InChI is InChI=1S/C22H23N7O2/c1-13-11-16(12-14(2)25-13)18-19(15-7-5-4-6-8-15)26-21(23)29-20(18)27-28(22(29)31)10-9-17(30)24-3/h4-8,11-12H,9-10H2,1-3H3,(H2,23,26)(H,24,30). The van der Waals surface area contributed by atoms with E-state index in [4.69, 9.17) is 5.73 Å². The van der Waals surface area contributed by atoms with Crippen molar-refractivity contribution in [3.8, 4) is 22.4 Å². The molecule has 3 N–H and O–H groups in total. The second-order valence-electron chi connectivity index (χ2n) is 7.29. The molecule has 9 heteroatoms. The Morgan fingerprint density at radius 3 is 2.39 bits per heavy atom. The van der Waals surface area contributed by atoms with E-state index in [2.05, 4.69) is 20.4 Å². The molecule has 9 nitrogen and oxygen atoms in total. The van der Waals surface area contributed by atoms with E-state index in [1.807, 2.05) is 56.3 Å². The average Bonchev–Trinajstić information content (AvgIpc) is 3.08. The van der Waals surface area contributed by atoms with Gasteiger partial charge in [0.15, 0.2) is 5.65 Å². The minimum atomic E-state index is -0.438. The van der Waals surface area contributed by atoms with Crippen molar-refractivity contribution < 1.29 is 4.79 Å². The van der Waals surface area contributed by atoms with Gasteiger partial charge in [-0.3, -0.25) is 9.78 Å². The van der Waals surface area contributed by atoms with Gasteiger partial charge in [-0.15, -0.1) is 5.10 Å². The molecule has 1 amide bonds. The molecule has 0 aliphatic heterocycles. The number of hydrogen-bond donors (Lipinski definition) is 2. The van der Waals surface area contributed by atoms with Gasteiger partial charge >= 0.3 is 5.69 Å². The number of nitrogen functional groups attached to an aromatic ring is 1. The third-order valence-corrected chi connectivity index (χ3v) is 5.00. The van der Waals surface area contributed by atoms with Crippen LogP contribution in [0.15, 0.2) is 47.3 Å². The van der Waals surface area contributed by atoms with Crippen LogP contribution >= 0.6 is 0 Å². The van der Waals surface area contributed by atoms with Gasteiger partial charge in [-0.25, -0.2) is 18.9 Å². The highest BCUT2D eigenvalue weighted by Crippen LogP contribution is 2.34. The van der Waals surface area contributed by atoms with E-state index in [0.717, 1.165) is 22.5 Å². The number of aromatic nitrogens is 5. The van der Waals surface area contributed by atoms with E-state index in [9.17, 15) is 9.59 Å². The van der Waals surface area contributed by atoms with Crippen LogP contribution in [0.3, 0.4) is 0 Å². The lowest BCUT2D eigenvalue weighted by atomic mass is 9.99. The molecule has 0 atom stereocenters. The summed E-state index contributed by atoms with van der Waals surface area (Å²) < 4.78 is 2.54. The first-order valence-electron chi connectivity index (χ1n) is 9.89. The normalized spacial score (nSPS) is 11.1. The Kier molecular flexibility index (Phi) is 5.24. The van der Waals surface area contributed by atoms with Crippen molar-refractivity contribution in [1.82, 2.24) is 29.5 Å². The monoisotopic (exact) mass is 417 g/mol. The summed E-state index contributed by atoms with van der Waals surface area (Å²) in [6, 6.07) is 13.5. The first-order valence-corrected chi connectivity index (χ1v) is 9.89. The summed E-state index contributed by atoms with van der Waals surface area (Å²) in [4.78, 5) is 33.7. The molecule has 0 fully saturated rings. The van der Waals surface area contributed by atoms with Gasteiger partial charge in [0.05, 0.1) is 17.8 Å². The van der Waals surface area contributed by atoms with E-state index >= 15 is 0 Å². The average molecular weight is 417 g/mol. The number of aryl methyl sites for hydroxylation is 3. The highest BCUT2D eigenvalue weighted by atomic mass is 16.2. The molecule has 158 valence electrons. The third-order valence-electron chi connectivity index (χ3n) is 5.00. The van der Waals surface area contributed by atoms with E-state index in [0.29, 0.717) is 16.9 Å². The van der Waals surface area contributed by atoms with Gasteiger partial charge < -0.3 is 11.1 Å². The molecular formula is C22H23N7O2. The Morgan fingerprint density at radius 1 is 1.06 bits per heavy atom. The van der Waals surface area contributed by atoms with Gasteiger partial charge in [-0.2, -0.15) is 0 Å². The SMILES string of the molecule is CNC(=O)CCn1nc2c(-c3cc(C)nc(C)c3)c(-c3ccccc3)nc(N)n2c1=O. The number of nitrogens with two attached hydrogens (primary N) is 1. The maximum absolute atomic E-state index is 13.0. The zero-order valence-electron chi connectivity index (χ0n) is 17.6. The highest BCUT2D eigenvalue weighted by Gasteiger charge is 2.22. The topological polar surface area (TPSA) is 120 Å².